The third-order valence-electron chi connectivity index (χ3n) is 4.48. The van der Waals surface area contributed by atoms with Crippen molar-refractivity contribution in [2.24, 2.45) is 0 Å². The molecular formula is C21H44O5SSi. The maximum Gasteiger partial charge on any atom is 0.500 e. The summed E-state index contributed by atoms with van der Waals surface area (Å²) in [6.45, 7) is 6.15. The largest absolute Gasteiger partial charge is 0.500 e. The van der Waals surface area contributed by atoms with E-state index >= 15 is 0 Å². The molecule has 0 fully saturated rings. The number of carbonyl (C=O) groups is 1. The van der Waals surface area contributed by atoms with Crippen molar-refractivity contribution in [2.45, 2.75) is 83.6 Å². The fourth-order valence-electron chi connectivity index (χ4n) is 2.67. The predicted octanol–water partition coefficient (Wildman–Crippen LogP) is 5.82. The second-order valence-electron chi connectivity index (χ2n) is 6.68. The summed E-state index contributed by atoms with van der Waals surface area (Å²) in [5.41, 5.74) is 0. The summed E-state index contributed by atoms with van der Waals surface area (Å²) in [5, 5.41) is 0. The van der Waals surface area contributed by atoms with Gasteiger partial charge in [0.2, 0.25) is 0 Å². The van der Waals surface area contributed by atoms with E-state index in [1.165, 1.54) is 63.9 Å². The van der Waals surface area contributed by atoms with Crippen molar-refractivity contribution < 1.29 is 22.8 Å². The molecule has 7 heteroatoms. The number of carbonyl (C=O) groups excluding carboxylic acids is 1. The zero-order valence-corrected chi connectivity index (χ0v) is 20.6. The first-order chi connectivity index (χ1) is 13.6. The van der Waals surface area contributed by atoms with Gasteiger partial charge >= 0.3 is 14.8 Å². The molecule has 0 unspecified atom stereocenters. The van der Waals surface area contributed by atoms with E-state index in [-0.39, 0.29) is 5.97 Å². The summed E-state index contributed by atoms with van der Waals surface area (Å²) >= 11 is 4.10. The van der Waals surface area contributed by atoms with Gasteiger partial charge in [-0.25, -0.2) is 4.79 Å². The highest BCUT2D eigenvalue weighted by Gasteiger charge is 2.36. The number of thiol groups is 1. The van der Waals surface area contributed by atoms with Crippen LogP contribution in [-0.4, -0.2) is 48.5 Å². The molecule has 0 bridgehead atoms. The summed E-state index contributed by atoms with van der Waals surface area (Å²) in [6.07, 6.45) is 15.1. The lowest BCUT2D eigenvalue weighted by Gasteiger charge is -2.23. The molecule has 0 atom stereocenters. The number of esters is 1. The van der Waals surface area contributed by atoms with Crippen LogP contribution in [0.25, 0.3) is 0 Å². The van der Waals surface area contributed by atoms with Crippen molar-refractivity contribution in [1.29, 1.82) is 0 Å². The quantitative estimate of drug-likeness (QED) is 0.0964. The van der Waals surface area contributed by atoms with Gasteiger partial charge in [-0.05, 0) is 18.6 Å². The zero-order valence-electron chi connectivity index (χ0n) is 18.7. The summed E-state index contributed by atoms with van der Waals surface area (Å²) in [4.78, 5) is 10.7. The van der Waals surface area contributed by atoms with Crippen LogP contribution < -0.4 is 0 Å². The Hall–Kier alpha value is -0.343. The van der Waals surface area contributed by atoms with Crippen molar-refractivity contribution in [3.8, 4) is 0 Å². The molecule has 0 amide bonds. The van der Waals surface area contributed by atoms with Crippen molar-refractivity contribution in [1.82, 2.24) is 0 Å². The molecule has 28 heavy (non-hydrogen) atoms. The second kappa shape index (κ2) is 22.9. The van der Waals surface area contributed by atoms with Crippen molar-refractivity contribution in [3.63, 3.8) is 0 Å². The van der Waals surface area contributed by atoms with Gasteiger partial charge in [0.05, 0.1) is 6.61 Å². The van der Waals surface area contributed by atoms with Crippen LogP contribution >= 0.6 is 12.6 Å². The maximum atomic E-state index is 10.7. The lowest BCUT2D eigenvalue weighted by atomic mass is 10.1. The third-order valence-corrected chi connectivity index (χ3v) is 7.63. The van der Waals surface area contributed by atoms with Crippen LogP contribution in [-0.2, 0) is 22.8 Å². The van der Waals surface area contributed by atoms with Crippen LogP contribution in [0.3, 0.4) is 0 Å². The van der Waals surface area contributed by atoms with Gasteiger partial charge in [-0.2, -0.15) is 12.6 Å². The van der Waals surface area contributed by atoms with Crippen molar-refractivity contribution in [3.05, 3.63) is 12.7 Å². The zero-order chi connectivity index (χ0) is 21.5. The molecule has 0 spiro atoms. The molecule has 0 aromatic carbocycles. The molecule has 0 saturated carbocycles. The van der Waals surface area contributed by atoms with E-state index in [0.717, 1.165) is 24.6 Å². The van der Waals surface area contributed by atoms with E-state index in [9.17, 15) is 4.79 Å². The summed E-state index contributed by atoms with van der Waals surface area (Å²) in [6, 6.07) is 0.833. The van der Waals surface area contributed by atoms with Gasteiger partial charge in [0.15, 0.2) is 0 Å². The number of hydrogen-bond donors (Lipinski definition) is 1. The molecule has 0 radical (unpaired) electrons. The molecule has 0 aromatic heterocycles. The topological polar surface area (TPSA) is 54.0 Å². The second-order valence-corrected chi connectivity index (χ2v) is 10.2. The van der Waals surface area contributed by atoms with E-state index in [1.54, 1.807) is 21.3 Å². The first kappa shape index (κ1) is 29.9. The monoisotopic (exact) mass is 436 g/mol. The molecule has 0 aliphatic heterocycles. The molecule has 5 nitrogen and oxygen atoms in total. The Bertz CT molecular complexity index is 343. The van der Waals surface area contributed by atoms with Crippen molar-refractivity contribution >= 4 is 27.4 Å². The van der Waals surface area contributed by atoms with Gasteiger partial charge in [-0.3, -0.25) is 0 Å². The van der Waals surface area contributed by atoms with Crippen LogP contribution in [0.5, 0.6) is 0 Å². The van der Waals surface area contributed by atoms with E-state index in [0.29, 0.717) is 6.61 Å². The van der Waals surface area contributed by atoms with Crippen LogP contribution in [0.15, 0.2) is 12.7 Å². The smallest absolute Gasteiger partial charge is 0.463 e. The molecule has 0 saturated heterocycles. The van der Waals surface area contributed by atoms with Gasteiger partial charge in [0.1, 0.15) is 0 Å². The third kappa shape index (κ3) is 19.0. The summed E-state index contributed by atoms with van der Waals surface area (Å²) < 4.78 is 20.5. The van der Waals surface area contributed by atoms with Gasteiger partial charge < -0.3 is 18.0 Å². The first-order valence-corrected chi connectivity index (χ1v) is 13.2. The SMILES string of the molecule is C=CC(=O)OCCCCCCCCCCCC.CO[Si](CCCS)(OC)OC. The van der Waals surface area contributed by atoms with E-state index in [4.69, 9.17) is 18.0 Å². The number of ether oxygens (including phenoxy) is 1. The van der Waals surface area contributed by atoms with Gasteiger partial charge in [-0.1, -0.05) is 71.3 Å². The predicted molar refractivity (Wildman–Crippen MR) is 123 cm³/mol. The molecule has 0 aliphatic rings. The van der Waals surface area contributed by atoms with Crippen LogP contribution in [0.1, 0.15) is 77.6 Å². The molecule has 0 heterocycles. The average Bonchev–Trinajstić information content (AvgIpc) is 2.73. The Labute approximate surface area is 180 Å². The molecule has 0 aliphatic carbocycles. The highest BCUT2D eigenvalue weighted by atomic mass is 32.1. The Morgan fingerprint density at radius 1 is 0.857 bits per heavy atom. The minimum absolute atomic E-state index is 0.305. The number of unbranched alkanes of at least 4 members (excludes halogenated alkanes) is 9. The molecule has 0 rings (SSSR count). The lowest BCUT2D eigenvalue weighted by molar-refractivity contribution is -0.137. The fraction of sp³-hybridized carbons (Fsp3) is 0.857. The first-order valence-electron chi connectivity index (χ1n) is 10.6. The van der Waals surface area contributed by atoms with Crippen LogP contribution in [0.2, 0.25) is 6.04 Å². The molecule has 0 N–H and O–H groups in total. The standard InChI is InChI=1S/C15H28O2.C6H16O3SSi/c1-3-5-6-7-8-9-10-11-12-13-14-17-15(16)4-2;1-7-11(8-2,9-3)6-4-5-10/h4H,2-3,5-14H2,1H3;10H,4-6H2,1-3H3. The van der Waals surface area contributed by atoms with Crippen molar-refractivity contribution in [2.75, 3.05) is 33.7 Å². The van der Waals surface area contributed by atoms with Gasteiger partial charge in [0.25, 0.3) is 0 Å². The van der Waals surface area contributed by atoms with Gasteiger partial charge in [-0.15, -0.1) is 0 Å². The lowest BCUT2D eigenvalue weighted by Crippen LogP contribution is -2.42. The van der Waals surface area contributed by atoms with E-state index in [2.05, 4.69) is 26.1 Å². The molecule has 168 valence electrons. The van der Waals surface area contributed by atoms with Gasteiger partial charge in [0, 0.05) is 33.4 Å². The minimum Gasteiger partial charge on any atom is -0.463 e. The fourth-order valence-corrected chi connectivity index (χ4v) is 4.85. The maximum absolute atomic E-state index is 10.7. The minimum atomic E-state index is -2.29. The Morgan fingerprint density at radius 2 is 1.32 bits per heavy atom. The van der Waals surface area contributed by atoms with Crippen LogP contribution in [0.4, 0.5) is 0 Å². The number of rotatable bonds is 18. The highest BCUT2D eigenvalue weighted by molar-refractivity contribution is 7.80. The molecule has 0 aromatic rings. The Balaban J connectivity index is 0. The average molecular weight is 437 g/mol. The number of hydrogen-bond acceptors (Lipinski definition) is 6. The summed E-state index contributed by atoms with van der Waals surface area (Å²) in [7, 11) is 2.58. The molecular weight excluding hydrogens is 392 g/mol. The Morgan fingerprint density at radius 3 is 1.71 bits per heavy atom. The van der Waals surface area contributed by atoms with Crippen LogP contribution in [0, 0.1) is 0 Å². The van der Waals surface area contributed by atoms with E-state index in [1.807, 2.05) is 0 Å². The Kier molecular flexibility index (Phi) is 24.5. The summed E-state index contributed by atoms with van der Waals surface area (Å²) in [5.74, 6) is 0.533. The highest BCUT2D eigenvalue weighted by Crippen LogP contribution is 2.14. The van der Waals surface area contributed by atoms with E-state index < -0.39 is 8.80 Å². The normalized spacial score (nSPS) is 10.9.